The van der Waals surface area contributed by atoms with Crippen LogP contribution in [0.3, 0.4) is 0 Å². The van der Waals surface area contributed by atoms with E-state index in [1.54, 1.807) is 12.5 Å². The van der Waals surface area contributed by atoms with Crippen molar-refractivity contribution in [3.63, 3.8) is 0 Å². The molecule has 1 aromatic heterocycles. The van der Waals surface area contributed by atoms with Crippen molar-refractivity contribution < 1.29 is 23.7 Å². The number of methoxy groups -OCH3 is 1. The first-order valence-corrected chi connectivity index (χ1v) is 8.56. The van der Waals surface area contributed by atoms with E-state index in [4.69, 9.17) is 18.9 Å². The van der Waals surface area contributed by atoms with E-state index in [9.17, 15) is 4.79 Å². The molecule has 24 heavy (non-hydrogen) atoms. The largest absolute Gasteiger partial charge is 0.458 e. The third-order valence-corrected chi connectivity index (χ3v) is 4.44. The van der Waals surface area contributed by atoms with Gasteiger partial charge in [-0.05, 0) is 37.5 Å². The third kappa shape index (κ3) is 4.04. The number of hydrogen-bond donors (Lipinski definition) is 0. The van der Waals surface area contributed by atoms with Gasteiger partial charge in [-0.3, -0.25) is 0 Å². The summed E-state index contributed by atoms with van der Waals surface area (Å²) in [6, 6.07) is 5.87. The molecule has 0 unspecified atom stereocenters. The summed E-state index contributed by atoms with van der Waals surface area (Å²) in [6.45, 7) is 2.55. The molecule has 1 aliphatic heterocycles. The average Bonchev–Trinajstić information content (AvgIpc) is 3.21. The molecular formula is C17H19NO5S. The van der Waals surface area contributed by atoms with E-state index in [0.29, 0.717) is 12.3 Å². The van der Waals surface area contributed by atoms with Gasteiger partial charge in [0.1, 0.15) is 5.01 Å². The van der Waals surface area contributed by atoms with Gasteiger partial charge in [-0.2, -0.15) is 0 Å². The Kier molecular flexibility index (Phi) is 5.32. The van der Waals surface area contributed by atoms with Crippen molar-refractivity contribution in [2.24, 2.45) is 0 Å². The van der Waals surface area contributed by atoms with Gasteiger partial charge in [0.25, 0.3) is 0 Å². The second kappa shape index (κ2) is 7.63. The standard InChI is InChI=1S/C17H19NO5S/c1-11(23-17(19)13-9-24-16(18-13)8-20-2)3-4-12-5-6-14-15(7-12)22-10-21-14/h5-7,9,11H,3-4,8,10H2,1-2H3/t11-/m0/s1. The molecule has 0 radical (unpaired) electrons. The van der Waals surface area contributed by atoms with Gasteiger partial charge in [0.15, 0.2) is 17.2 Å². The molecule has 6 nitrogen and oxygen atoms in total. The Morgan fingerprint density at radius 2 is 2.21 bits per heavy atom. The van der Waals surface area contributed by atoms with Crippen molar-refractivity contribution in [3.8, 4) is 11.5 Å². The fourth-order valence-electron chi connectivity index (χ4n) is 2.36. The quantitative estimate of drug-likeness (QED) is 0.715. The molecule has 2 heterocycles. The van der Waals surface area contributed by atoms with Crippen LogP contribution in [0, 0.1) is 0 Å². The number of nitrogens with zero attached hydrogens (tertiary/aromatic N) is 1. The van der Waals surface area contributed by atoms with Gasteiger partial charge in [-0.1, -0.05) is 6.07 Å². The summed E-state index contributed by atoms with van der Waals surface area (Å²) in [4.78, 5) is 16.3. The Morgan fingerprint density at radius 1 is 1.38 bits per heavy atom. The van der Waals surface area contributed by atoms with E-state index >= 15 is 0 Å². The monoisotopic (exact) mass is 349 g/mol. The fraction of sp³-hybridized carbons (Fsp3) is 0.412. The highest BCUT2D eigenvalue weighted by molar-refractivity contribution is 7.09. The van der Waals surface area contributed by atoms with Crippen molar-refractivity contribution in [1.82, 2.24) is 4.98 Å². The van der Waals surface area contributed by atoms with Crippen LogP contribution in [0.15, 0.2) is 23.6 Å². The minimum atomic E-state index is -0.396. The molecule has 0 aliphatic carbocycles. The van der Waals surface area contributed by atoms with E-state index in [-0.39, 0.29) is 12.9 Å². The lowest BCUT2D eigenvalue weighted by atomic mass is 10.1. The molecule has 1 aromatic carbocycles. The van der Waals surface area contributed by atoms with Crippen LogP contribution >= 0.6 is 11.3 Å². The van der Waals surface area contributed by atoms with Crippen molar-refractivity contribution in [2.75, 3.05) is 13.9 Å². The predicted octanol–water partition coefficient (Wildman–Crippen LogP) is 3.20. The highest BCUT2D eigenvalue weighted by atomic mass is 32.1. The van der Waals surface area contributed by atoms with Crippen LogP contribution in [-0.2, 0) is 22.5 Å². The summed E-state index contributed by atoms with van der Waals surface area (Å²) in [5.41, 5.74) is 1.46. The van der Waals surface area contributed by atoms with Crippen LogP contribution in [0.5, 0.6) is 11.5 Å². The van der Waals surface area contributed by atoms with Gasteiger partial charge in [-0.25, -0.2) is 9.78 Å². The molecule has 2 aromatic rings. The number of rotatable bonds is 7. The van der Waals surface area contributed by atoms with Crippen molar-refractivity contribution in [1.29, 1.82) is 0 Å². The number of aromatic nitrogens is 1. The highest BCUT2D eigenvalue weighted by Crippen LogP contribution is 2.32. The third-order valence-electron chi connectivity index (χ3n) is 3.61. The van der Waals surface area contributed by atoms with Gasteiger partial charge in [0.2, 0.25) is 6.79 Å². The number of ether oxygens (including phenoxy) is 4. The number of fused-ring (bicyclic) bond motifs is 1. The van der Waals surface area contributed by atoms with Gasteiger partial charge >= 0.3 is 5.97 Å². The van der Waals surface area contributed by atoms with Crippen molar-refractivity contribution in [2.45, 2.75) is 32.5 Å². The van der Waals surface area contributed by atoms with Crippen LogP contribution in [0.1, 0.15) is 34.4 Å². The molecule has 0 saturated carbocycles. The fourth-order valence-corrected chi connectivity index (χ4v) is 3.10. The van der Waals surface area contributed by atoms with Crippen molar-refractivity contribution >= 4 is 17.3 Å². The highest BCUT2D eigenvalue weighted by Gasteiger charge is 2.17. The molecular weight excluding hydrogens is 330 g/mol. The molecule has 0 amide bonds. The number of aryl methyl sites for hydroxylation is 1. The van der Waals surface area contributed by atoms with E-state index in [1.807, 2.05) is 25.1 Å². The smallest absolute Gasteiger partial charge is 0.358 e. The Balaban J connectivity index is 1.49. The van der Waals surface area contributed by atoms with Crippen LogP contribution in [-0.4, -0.2) is 31.0 Å². The van der Waals surface area contributed by atoms with Crippen LogP contribution < -0.4 is 9.47 Å². The summed E-state index contributed by atoms with van der Waals surface area (Å²) in [6.07, 6.45) is 1.31. The topological polar surface area (TPSA) is 66.9 Å². The van der Waals surface area contributed by atoms with Crippen LogP contribution in [0.2, 0.25) is 0 Å². The Labute approximate surface area is 144 Å². The first-order chi connectivity index (χ1) is 11.7. The molecule has 1 aliphatic rings. The molecule has 0 saturated heterocycles. The SMILES string of the molecule is COCc1nc(C(=O)O[C@@H](C)CCc2ccc3c(c2)OCO3)cs1. The van der Waals surface area contributed by atoms with Crippen LogP contribution in [0.25, 0.3) is 0 Å². The summed E-state index contributed by atoms with van der Waals surface area (Å²) in [5, 5.41) is 2.46. The maximum atomic E-state index is 12.1. The number of esters is 1. The van der Waals surface area contributed by atoms with Gasteiger partial charge in [-0.15, -0.1) is 11.3 Å². The molecule has 3 rings (SSSR count). The minimum absolute atomic E-state index is 0.199. The maximum absolute atomic E-state index is 12.1. The second-order valence-electron chi connectivity index (χ2n) is 5.50. The maximum Gasteiger partial charge on any atom is 0.358 e. The molecule has 0 spiro atoms. The average molecular weight is 349 g/mol. The summed E-state index contributed by atoms with van der Waals surface area (Å²) < 4.78 is 21.1. The molecule has 0 fully saturated rings. The predicted molar refractivity (Wildman–Crippen MR) is 88.6 cm³/mol. The van der Waals surface area contributed by atoms with E-state index < -0.39 is 5.97 Å². The molecule has 7 heteroatoms. The first-order valence-electron chi connectivity index (χ1n) is 7.68. The Morgan fingerprint density at radius 3 is 3.04 bits per heavy atom. The lowest BCUT2D eigenvalue weighted by Crippen LogP contribution is -2.16. The van der Waals surface area contributed by atoms with Gasteiger partial charge < -0.3 is 18.9 Å². The summed E-state index contributed by atoms with van der Waals surface area (Å²) >= 11 is 1.39. The molecule has 0 N–H and O–H groups in total. The molecule has 1 atom stereocenters. The lowest BCUT2D eigenvalue weighted by Gasteiger charge is -2.12. The number of carbonyl (C=O) groups is 1. The Hall–Kier alpha value is -2.12. The zero-order chi connectivity index (χ0) is 16.9. The second-order valence-corrected chi connectivity index (χ2v) is 6.44. The lowest BCUT2D eigenvalue weighted by molar-refractivity contribution is 0.0318. The zero-order valence-electron chi connectivity index (χ0n) is 13.6. The number of carbonyl (C=O) groups excluding carboxylic acids is 1. The first kappa shape index (κ1) is 16.7. The van der Waals surface area contributed by atoms with E-state index in [1.165, 1.54) is 11.3 Å². The Bertz CT molecular complexity index is 715. The zero-order valence-corrected chi connectivity index (χ0v) is 14.4. The summed E-state index contributed by atoms with van der Waals surface area (Å²) in [5.74, 6) is 1.14. The number of thiazole rings is 1. The van der Waals surface area contributed by atoms with Gasteiger partial charge in [0.05, 0.1) is 12.7 Å². The number of hydrogen-bond acceptors (Lipinski definition) is 7. The number of benzene rings is 1. The van der Waals surface area contributed by atoms with Crippen LogP contribution in [0.4, 0.5) is 0 Å². The summed E-state index contributed by atoms with van der Waals surface area (Å²) in [7, 11) is 1.59. The molecule has 0 bridgehead atoms. The molecule has 128 valence electrons. The van der Waals surface area contributed by atoms with Crippen molar-refractivity contribution in [3.05, 3.63) is 39.8 Å². The minimum Gasteiger partial charge on any atom is -0.458 e. The van der Waals surface area contributed by atoms with E-state index in [2.05, 4.69) is 4.98 Å². The normalized spacial score (nSPS) is 13.8. The van der Waals surface area contributed by atoms with E-state index in [0.717, 1.165) is 34.9 Å². The van der Waals surface area contributed by atoms with Gasteiger partial charge in [0, 0.05) is 12.5 Å².